The van der Waals surface area contributed by atoms with Crippen LogP contribution in [0, 0.1) is 10.8 Å². The minimum atomic E-state index is -0.297. The molecule has 0 unspecified atom stereocenters. The van der Waals surface area contributed by atoms with Crippen LogP contribution in [-0.2, 0) is 16.0 Å². The van der Waals surface area contributed by atoms with E-state index in [0.717, 1.165) is 87.8 Å². The van der Waals surface area contributed by atoms with Crippen LogP contribution in [0.5, 0.6) is 0 Å². The summed E-state index contributed by atoms with van der Waals surface area (Å²) in [6, 6.07) is 9.87. The standard InChI is InChI=1S/C26H33ClN4O2/c1-25(7-13-31(14-8-25)24-28-11-4-12-29-24)23(32)30-15-9-26(10-16-30)18-21(33-19-26)17-20-5-2-3-6-22(20)27/h2-6,11-12,21H,7-10,13-19H2,1H3/t21-/m0/s1. The number of ether oxygens (including phenoxy) is 1. The Bertz CT molecular complexity index is 969. The monoisotopic (exact) mass is 468 g/mol. The van der Waals surface area contributed by atoms with Crippen molar-refractivity contribution in [1.82, 2.24) is 14.9 Å². The molecule has 0 saturated carbocycles. The van der Waals surface area contributed by atoms with E-state index in [2.05, 4.69) is 32.8 Å². The van der Waals surface area contributed by atoms with Gasteiger partial charge in [-0.25, -0.2) is 9.97 Å². The Morgan fingerprint density at radius 3 is 2.45 bits per heavy atom. The molecule has 176 valence electrons. The van der Waals surface area contributed by atoms with E-state index < -0.39 is 0 Å². The molecule has 3 aliphatic heterocycles. The van der Waals surface area contributed by atoms with Gasteiger partial charge >= 0.3 is 0 Å². The first-order chi connectivity index (χ1) is 16.0. The van der Waals surface area contributed by atoms with Gasteiger partial charge in [-0.15, -0.1) is 0 Å². The highest BCUT2D eigenvalue weighted by Crippen LogP contribution is 2.44. The molecule has 1 spiro atoms. The van der Waals surface area contributed by atoms with Gasteiger partial charge in [0, 0.05) is 55.4 Å². The average Bonchev–Trinajstić information content (AvgIpc) is 3.23. The number of hydrogen-bond acceptors (Lipinski definition) is 5. The molecule has 6 nitrogen and oxygen atoms in total. The van der Waals surface area contributed by atoms with Gasteiger partial charge in [-0.05, 0) is 55.2 Å². The Morgan fingerprint density at radius 2 is 1.76 bits per heavy atom. The van der Waals surface area contributed by atoms with Gasteiger partial charge in [0.2, 0.25) is 11.9 Å². The highest BCUT2D eigenvalue weighted by atomic mass is 35.5. The fraction of sp³-hybridized carbons (Fsp3) is 0.577. The van der Waals surface area contributed by atoms with Crippen molar-refractivity contribution in [2.45, 2.75) is 51.6 Å². The topological polar surface area (TPSA) is 58.6 Å². The third-order valence-corrected chi connectivity index (χ3v) is 8.39. The van der Waals surface area contributed by atoms with E-state index in [0.29, 0.717) is 5.91 Å². The number of hydrogen-bond donors (Lipinski definition) is 0. The van der Waals surface area contributed by atoms with Gasteiger partial charge in [0.1, 0.15) is 0 Å². The molecule has 1 atom stereocenters. The lowest BCUT2D eigenvalue weighted by atomic mass is 9.74. The summed E-state index contributed by atoms with van der Waals surface area (Å²) < 4.78 is 6.21. The zero-order chi connectivity index (χ0) is 22.9. The van der Waals surface area contributed by atoms with Gasteiger partial charge in [-0.3, -0.25) is 4.79 Å². The molecule has 0 N–H and O–H groups in total. The molecule has 1 aromatic heterocycles. The first-order valence-corrected chi connectivity index (χ1v) is 12.5. The number of halogens is 1. The van der Waals surface area contributed by atoms with E-state index in [9.17, 15) is 4.79 Å². The SMILES string of the molecule is CC1(C(=O)N2CCC3(CC2)CO[C@@H](Cc2ccccc2Cl)C3)CCN(c2ncccn2)CC1. The smallest absolute Gasteiger partial charge is 0.228 e. The van der Waals surface area contributed by atoms with E-state index in [4.69, 9.17) is 16.3 Å². The zero-order valence-electron chi connectivity index (χ0n) is 19.4. The van der Waals surface area contributed by atoms with Crippen molar-refractivity contribution < 1.29 is 9.53 Å². The predicted molar refractivity (Wildman–Crippen MR) is 129 cm³/mol. The summed E-state index contributed by atoms with van der Waals surface area (Å²) in [6.07, 6.45) is 9.42. The van der Waals surface area contributed by atoms with Gasteiger partial charge in [-0.1, -0.05) is 36.7 Å². The number of anilines is 1. The molecule has 3 aliphatic rings. The van der Waals surface area contributed by atoms with Crippen LogP contribution < -0.4 is 4.90 Å². The lowest BCUT2D eigenvalue weighted by Gasteiger charge is -2.44. The molecule has 4 heterocycles. The Kier molecular flexibility index (Phi) is 6.32. The second-order valence-electron chi connectivity index (χ2n) is 10.3. The molecule has 1 amide bonds. The van der Waals surface area contributed by atoms with Crippen LogP contribution >= 0.6 is 11.6 Å². The predicted octanol–water partition coefficient (Wildman–Crippen LogP) is 4.38. The lowest BCUT2D eigenvalue weighted by molar-refractivity contribution is -0.145. The summed E-state index contributed by atoms with van der Waals surface area (Å²) in [7, 11) is 0. The van der Waals surface area contributed by atoms with Crippen molar-refractivity contribution in [1.29, 1.82) is 0 Å². The Morgan fingerprint density at radius 1 is 1.06 bits per heavy atom. The van der Waals surface area contributed by atoms with Gasteiger partial charge in [0.15, 0.2) is 0 Å². The number of amides is 1. The Balaban J connectivity index is 1.14. The van der Waals surface area contributed by atoms with Crippen LogP contribution in [0.25, 0.3) is 0 Å². The number of aromatic nitrogens is 2. The van der Waals surface area contributed by atoms with Gasteiger partial charge in [0.05, 0.1) is 12.7 Å². The molecular formula is C26H33ClN4O2. The Hall–Kier alpha value is -2.18. The van der Waals surface area contributed by atoms with Crippen molar-refractivity contribution in [2.24, 2.45) is 10.8 Å². The normalized spacial score (nSPS) is 24.2. The minimum absolute atomic E-state index is 0.206. The highest BCUT2D eigenvalue weighted by molar-refractivity contribution is 6.31. The maximum Gasteiger partial charge on any atom is 0.228 e. The largest absolute Gasteiger partial charge is 0.377 e. The number of likely N-dealkylation sites (tertiary alicyclic amines) is 1. The van der Waals surface area contributed by atoms with Crippen LogP contribution in [0.2, 0.25) is 5.02 Å². The second kappa shape index (κ2) is 9.22. The number of carbonyl (C=O) groups is 1. The Labute approximate surface area is 201 Å². The molecule has 0 bridgehead atoms. The van der Waals surface area contributed by atoms with E-state index in [1.165, 1.54) is 0 Å². The maximum absolute atomic E-state index is 13.5. The molecule has 7 heteroatoms. The summed E-state index contributed by atoms with van der Waals surface area (Å²) in [6.45, 7) is 6.25. The van der Waals surface area contributed by atoms with E-state index in [1.807, 2.05) is 24.3 Å². The zero-order valence-corrected chi connectivity index (χ0v) is 20.1. The van der Waals surface area contributed by atoms with Crippen molar-refractivity contribution in [3.05, 3.63) is 53.3 Å². The van der Waals surface area contributed by atoms with Crippen molar-refractivity contribution in [3.8, 4) is 0 Å². The molecule has 0 radical (unpaired) electrons. The number of benzene rings is 1. The lowest BCUT2D eigenvalue weighted by Crippen LogP contribution is -2.52. The van der Waals surface area contributed by atoms with Gasteiger partial charge in [-0.2, -0.15) is 0 Å². The fourth-order valence-electron chi connectivity index (χ4n) is 5.72. The third kappa shape index (κ3) is 4.73. The van der Waals surface area contributed by atoms with Gasteiger partial charge in [0.25, 0.3) is 0 Å². The van der Waals surface area contributed by atoms with Crippen LogP contribution in [0.15, 0.2) is 42.7 Å². The maximum atomic E-state index is 13.5. The van der Waals surface area contributed by atoms with Crippen LogP contribution in [0.1, 0.15) is 44.6 Å². The number of nitrogens with zero attached hydrogens (tertiary/aromatic N) is 4. The summed E-state index contributed by atoms with van der Waals surface area (Å²) in [5, 5.41) is 0.820. The molecule has 1 aromatic carbocycles. The van der Waals surface area contributed by atoms with E-state index in [1.54, 1.807) is 12.4 Å². The molecule has 5 rings (SSSR count). The van der Waals surface area contributed by atoms with Gasteiger partial charge < -0.3 is 14.5 Å². The molecular weight excluding hydrogens is 436 g/mol. The van der Waals surface area contributed by atoms with Crippen LogP contribution in [-0.4, -0.2) is 59.7 Å². The number of carbonyl (C=O) groups excluding carboxylic acids is 1. The number of piperidine rings is 2. The molecule has 33 heavy (non-hydrogen) atoms. The van der Waals surface area contributed by atoms with Crippen LogP contribution in [0.4, 0.5) is 5.95 Å². The highest BCUT2D eigenvalue weighted by Gasteiger charge is 2.46. The quantitative estimate of drug-likeness (QED) is 0.666. The molecule has 2 aromatic rings. The van der Waals surface area contributed by atoms with Crippen molar-refractivity contribution >= 4 is 23.5 Å². The first-order valence-electron chi connectivity index (χ1n) is 12.1. The van der Waals surface area contributed by atoms with Crippen molar-refractivity contribution in [2.75, 3.05) is 37.7 Å². The summed E-state index contributed by atoms with van der Waals surface area (Å²) in [4.78, 5) is 26.5. The molecule has 3 saturated heterocycles. The second-order valence-corrected chi connectivity index (χ2v) is 10.7. The molecule has 0 aliphatic carbocycles. The fourth-order valence-corrected chi connectivity index (χ4v) is 5.93. The molecule has 3 fully saturated rings. The number of rotatable bonds is 4. The third-order valence-electron chi connectivity index (χ3n) is 8.02. The minimum Gasteiger partial charge on any atom is -0.377 e. The summed E-state index contributed by atoms with van der Waals surface area (Å²) >= 11 is 6.35. The van der Waals surface area contributed by atoms with Crippen molar-refractivity contribution in [3.63, 3.8) is 0 Å². The first kappa shape index (κ1) is 22.6. The summed E-state index contributed by atoms with van der Waals surface area (Å²) in [5.74, 6) is 1.08. The van der Waals surface area contributed by atoms with E-state index in [-0.39, 0.29) is 16.9 Å². The van der Waals surface area contributed by atoms with Crippen LogP contribution in [0.3, 0.4) is 0 Å². The average molecular weight is 469 g/mol. The summed E-state index contributed by atoms with van der Waals surface area (Å²) in [5.41, 5.74) is 1.07. The van der Waals surface area contributed by atoms with E-state index >= 15 is 0 Å².